The fourth-order valence-corrected chi connectivity index (χ4v) is 2.94. The summed E-state index contributed by atoms with van der Waals surface area (Å²) in [6.07, 6.45) is 2.61. The van der Waals surface area contributed by atoms with Crippen molar-refractivity contribution in [2.24, 2.45) is 5.92 Å². The molecule has 1 aromatic rings. The fraction of sp³-hybridized carbons (Fsp3) is 0.600. The summed E-state index contributed by atoms with van der Waals surface area (Å²) < 4.78 is 11.6. The molecule has 1 saturated heterocycles. The van der Waals surface area contributed by atoms with Gasteiger partial charge in [0.25, 0.3) is 0 Å². The molecule has 2 aliphatic heterocycles. The predicted octanol–water partition coefficient (Wildman–Crippen LogP) is 2.61. The molecule has 3 heteroatoms. The third-order valence-corrected chi connectivity index (χ3v) is 3.98. The molecule has 1 aromatic carbocycles. The number of rotatable bonds is 1. The van der Waals surface area contributed by atoms with Crippen molar-refractivity contribution in [1.29, 1.82) is 0 Å². The minimum absolute atomic E-state index is 0.0931. The smallest absolute Gasteiger partial charge is 0.125 e. The molecular formula is C15H20O3. The minimum Gasteiger partial charge on any atom is -0.490 e. The van der Waals surface area contributed by atoms with E-state index < -0.39 is 6.10 Å². The minimum atomic E-state index is -0.402. The van der Waals surface area contributed by atoms with Crippen LogP contribution in [0, 0.1) is 12.8 Å². The lowest BCUT2D eigenvalue weighted by atomic mass is 9.88. The third kappa shape index (κ3) is 2.25. The summed E-state index contributed by atoms with van der Waals surface area (Å²) in [7, 11) is 0. The second-order valence-corrected chi connectivity index (χ2v) is 5.43. The molecule has 0 amide bonds. The second-order valence-electron chi connectivity index (χ2n) is 5.43. The normalized spacial score (nSPS) is 31.6. The zero-order chi connectivity index (χ0) is 12.5. The molecule has 18 heavy (non-hydrogen) atoms. The number of aliphatic hydroxyl groups excluding tert-OH is 1. The summed E-state index contributed by atoms with van der Waals surface area (Å²) >= 11 is 0. The molecule has 0 bridgehead atoms. The Morgan fingerprint density at radius 3 is 3.00 bits per heavy atom. The van der Waals surface area contributed by atoms with E-state index in [1.165, 1.54) is 0 Å². The average Bonchev–Trinajstić information content (AvgIpc) is 2.40. The summed E-state index contributed by atoms with van der Waals surface area (Å²) in [5, 5.41) is 10.3. The lowest BCUT2D eigenvalue weighted by Crippen LogP contribution is -2.37. The van der Waals surface area contributed by atoms with Gasteiger partial charge in [-0.25, -0.2) is 0 Å². The van der Waals surface area contributed by atoms with Crippen molar-refractivity contribution in [3.63, 3.8) is 0 Å². The number of ether oxygens (including phenoxy) is 2. The van der Waals surface area contributed by atoms with E-state index >= 15 is 0 Å². The van der Waals surface area contributed by atoms with Gasteiger partial charge in [0.1, 0.15) is 11.9 Å². The number of fused-ring (bicyclic) bond motifs is 1. The van der Waals surface area contributed by atoms with Crippen LogP contribution in [0.5, 0.6) is 5.75 Å². The van der Waals surface area contributed by atoms with Crippen LogP contribution in [0.2, 0.25) is 0 Å². The molecule has 2 unspecified atom stereocenters. The van der Waals surface area contributed by atoms with Crippen LogP contribution in [-0.2, 0) is 4.74 Å². The lowest BCUT2D eigenvalue weighted by molar-refractivity contribution is -0.0286. The summed E-state index contributed by atoms with van der Waals surface area (Å²) in [6, 6.07) is 6.03. The van der Waals surface area contributed by atoms with Crippen molar-refractivity contribution < 1.29 is 14.6 Å². The van der Waals surface area contributed by atoms with Crippen LogP contribution in [0.15, 0.2) is 18.2 Å². The van der Waals surface area contributed by atoms with Gasteiger partial charge in [0.05, 0.1) is 12.7 Å². The summed E-state index contributed by atoms with van der Waals surface area (Å²) in [5.41, 5.74) is 2.10. The highest BCUT2D eigenvalue weighted by Crippen LogP contribution is 2.38. The lowest BCUT2D eigenvalue weighted by Gasteiger charge is -2.36. The predicted molar refractivity (Wildman–Crippen MR) is 68.7 cm³/mol. The van der Waals surface area contributed by atoms with Crippen LogP contribution < -0.4 is 4.74 Å². The maximum absolute atomic E-state index is 10.3. The van der Waals surface area contributed by atoms with E-state index in [-0.39, 0.29) is 6.10 Å². The van der Waals surface area contributed by atoms with Gasteiger partial charge in [-0.3, -0.25) is 0 Å². The van der Waals surface area contributed by atoms with Crippen LogP contribution in [0.25, 0.3) is 0 Å². The first-order valence-corrected chi connectivity index (χ1v) is 6.77. The zero-order valence-electron chi connectivity index (χ0n) is 10.8. The molecule has 0 spiro atoms. The number of aryl methyl sites for hydroxylation is 1. The van der Waals surface area contributed by atoms with E-state index in [2.05, 4.69) is 0 Å². The van der Waals surface area contributed by atoms with Crippen LogP contribution >= 0.6 is 0 Å². The number of hydrogen-bond acceptors (Lipinski definition) is 3. The van der Waals surface area contributed by atoms with Gasteiger partial charge in [-0.1, -0.05) is 11.6 Å². The standard InChI is InChI=1S/C15H20O3/c1-10-4-5-14-12(7-10)13(16)8-15(18-14)11-3-2-6-17-9-11/h4-5,7,11,13,15-16H,2-3,6,8-9H2,1H3/t11?,13-,15?/m1/s1. The quantitative estimate of drug-likeness (QED) is 0.830. The zero-order valence-corrected chi connectivity index (χ0v) is 10.8. The molecule has 3 nitrogen and oxygen atoms in total. The monoisotopic (exact) mass is 248 g/mol. The highest BCUT2D eigenvalue weighted by atomic mass is 16.5. The molecule has 1 N–H and O–H groups in total. The Bertz CT molecular complexity index is 424. The largest absolute Gasteiger partial charge is 0.490 e. The average molecular weight is 248 g/mol. The summed E-state index contributed by atoms with van der Waals surface area (Å²) in [5.74, 6) is 1.26. The Labute approximate surface area is 108 Å². The Kier molecular flexibility index (Phi) is 3.27. The first-order chi connectivity index (χ1) is 8.74. The van der Waals surface area contributed by atoms with Gasteiger partial charge >= 0.3 is 0 Å². The van der Waals surface area contributed by atoms with Crippen molar-refractivity contribution in [2.45, 2.75) is 38.4 Å². The van der Waals surface area contributed by atoms with Crippen molar-refractivity contribution >= 4 is 0 Å². The number of aliphatic hydroxyl groups is 1. The van der Waals surface area contributed by atoms with E-state index in [9.17, 15) is 5.11 Å². The summed E-state index contributed by atoms with van der Waals surface area (Å²) in [4.78, 5) is 0. The molecule has 3 atom stereocenters. The molecule has 98 valence electrons. The molecule has 0 saturated carbocycles. The first-order valence-electron chi connectivity index (χ1n) is 6.77. The molecule has 2 heterocycles. The van der Waals surface area contributed by atoms with Gasteiger partial charge < -0.3 is 14.6 Å². The van der Waals surface area contributed by atoms with Crippen LogP contribution in [0.1, 0.15) is 36.5 Å². The van der Waals surface area contributed by atoms with Crippen LogP contribution in [0.4, 0.5) is 0 Å². The number of benzene rings is 1. The highest BCUT2D eigenvalue weighted by molar-refractivity contribution is 5.40. The Morgan fingerprint density at radius 1 is 1.33 bits per heavy atom. The Balaban J connectivity index is 1.80. The van der Waals surface area contributed by atoms with E-state index in [4.69, 9.17) is 9.47 Å². The van der Waals surface area contributed by atoms with E-state index in [0.29, 0.717) is 12.3 Å². The van der Waals surface area contributed by atoms with Gasteiger partial charge in [0.15, 0.2) is 0 Å². The Hall–Kier alpha value is -1.06. The molecule has 0 aromatic heterocycles. The van der Waals surface area contributed by atoms with Gasteiger partial charge in [0.2, 0.25) is 0 Å². The molecular weight excluding hydrogens is 228 g/mol. The third-order valence-electron chi connectivity index (χ3n) is 3.98. The SMILES string of the molecule is Cc1ccc2c(c1)[C@H](O)CC(C1CCCOC1)O2. The van der Waals surface area contributed by atoms with Gasteiger partial charge in [-0.15, -0.1) is 0 Å². The molecule has 0 radical (unpaired) electrons. The van der Waals surface area contributed by atoms with Gasteiger partial charge in [-0.05, 0) is 31.9 Å². The van der Waals surface area contributed by atoms with Crippen molar-refractivity contribution in [1.82, 2.24) is 0 Å². The van der Waals surface area contributed by atoms with Crippen molar-refractivity contribution in [3.8, 4) is 5.75 Å². The van der Waals surface area contributed by atoms with Crippen molar-refractivity contribution in [2.75, 3.05) is 13.2 Å². The molecule has 1 fully saturated rings. The Morgan fingerprint density at radius 2 is 2.22 bits per heavy atom. The van der Waals surface area contributed by atoms with Gasteiger partial charge in [-0.2, -0.15) is 0 Å². The van der Waals surface area contributed by atoms with E-state index in [0.717, 1.165) is 42.9 Å². The highest BCUT2D eigenvalue weighted by Gasteiger charge is 2.33. The van der Waals surface area contributed by atoms with Crippen LogP contribution in [0.3, 0.4) is 0 Å². The van der Waals surface area contributed by atoms with Crippen LogP contribution in [-0.4, -0.2) is 24.4 Å². The number of hydrogen-bond donors (Lipinski definition) is 1. The summed E-state index contributed by atoms with van der Waals surface area (Å²) in [6.45, 7) is 3.66. The van der Waals surface area contributed by atoms with E-state index in [1.807, 2.05) is 25.1 Å². The molecule has 2 aliphatic rings. The molecule has 0 aliphatic carbocycles. The van der Waals surface area contributed by atoms with Crippen molar-refractivity contribution in [3.05, 3.63) is 29.3 Å². The van der Waals surface area contributed by atoms with Gasteiger partial charge in [0, 0.05) is 24.5 Å². The molecule has 3 rings (SSSR count). The topological polar surface area (TPSA) is 38.7 Å². The fourth-order valence-electron chi connectivity index (χ4n) is 2.94. The maximum Gasteiger partial charge on any atom is 0.125 e. The maximum atomic E-state index is 10.3. The first kappa shape index (κ1) is 12.0. The second kappa shape index (κ2) is 4.90. The van der Waals surface area contributed by atoms with E-state index in [1.54, 1.807) is 0 Å².